The molecular weight excluding hydrogens is 464 g/mol. The van der Waals surface area contributed by atoms with Crippen LogP contribution in [0.15, 0.2) is 47.9 Å². The van der Waals surface area contributed by atoms with E-state index in [0.717, 1.165) is 40.9 Å². The highest BCUT2D eigenvalue weighted by molar-refractivity contribution is 6.30. The molecule has 35 heavy (non-hydrogen) atoms. The average molecular weight is 499 g/mol. The van der Waals surface area contributed by atoms with Crippen molar-refractivity contribution in [2.45, 2.75) is 44.3 Å². The first-order chi connectivity index (χ1) is 16.7. The van der Waals surface area contributed by atoms with Gasteiger partial charge in [0.25, 0.3) is 0 Å². The number of likely N-dealkylation sites (N-methyl/N-ethyl adjacent to an activating group) is 1. The number of carbonyl (C=O) groups is 2. The van der Waals surface area contributed by atoms with Gasteiger partial charge in [0.1, 0.15) is 11.6 Å². The third-order valence-electron chi connectivity index (χ3n) is 6.86. The predicted molar refractivity (Wildman–Crippen MR) is 139 cm³/mol. The lowest BCUT2D eigenvalue weighted by molar-refractivity contribution is -0.131. The molecular formula is C26H35ClN6O2. The number of hydrogen-bond acceptors (Lipinski definition) is 6. The Balaban J connectivity index is 1.45. The van der Waals surface area contributed by atoms with Crippen LogP contribution in [0.3, 0.4) is 0 Å². The molecule has 0 spiro atoms. The zero-order valence-electron chi connectivity index (χ0n) is 20.6. The zero-order valence-corrected chi connectivity index (χ0v) is 21.3. The molecule has 3 aliphatic rings. The number of hydrogen-bond donors (Lipinski definition) is 5. The molecule has 0 radical (unpaired) electrons. The number of benzene rings is 1. The van der Waals surface area contributed by atoms with Crippen molar-refractivity contribution in [2.24, 2.45) is 11.7 Å². The summed E-state index contributed by atoms with van der Waals surface area (Å²) in [6.07, 6.45) is 8.33. The van der Waals surface area contributed by atoms with Crippen LogP contribution in [0.2, 0.25) is 5.02 Å². The third kappa shape index (κ3) is 5.55. The molecule has 1 aliphatic carbocycles. The van der Waals surface area contributed by atoms with Crippen LogP contribution in [0.5, 0.6) is 0 Å². The number of nitrogens with zero attached hydrogens (tertiary/aromatic N) is 1. The number of likely N-dealkylation sites (tertiary alicyclic amines) is 1. The summed E-state index contributed by atoms with van der Waals surface area (Å²) in [5.41, 5.74) is 10.2. The fraction of sp³-hybridized carbons (Fsp3) is 0.462. The molecule has 9 heteroatoms. The van der Waals surface area contributed by atoms with Crippen molar-refractivity contribution in [2.75, 3.05) is 27.2 Å². The molecule has 2 atom stereocenters. The minimum absolute atomic E-state index is 0.0326. The summed E-state index contributed by atoms with van der Waals surface area (Å²) in [5.74, 6) is 0.0750. The number of allylic oxidation sites excluding steroid dienone is 2. The van der Waals surface area contributed by atoms with Gasteiger partial charge in [0.2, 0.25) is 11.8 Å². The molecule has 188 valence electrons. The first kappa shape index (κ1) is 25.3. The second-order valence-electron chi connectivity index (χ2n) is 9.62. The van der Waals surface area contributed by atoms with E-state index in [2.05, 4.69) is 21.3 Å². The van der Waals surface area contributed by atoms with Crippen LogP contribution >= 0.6 is 11.6 Å². The monoisotopic (exact) mass is 498 g/mol. The first-order valence-corrected chi connectivity index (χ1v) is 12.5. The quantitative estimate of drug-likeness (QED) is 0.355. The molecule has 1 unspecified atom stereocenters. The van der Waals surface area contributed by atoms with Crippen LogP contribution in [-0.4, -0.2) is 55.5 Å². The average Bonchev–Trinajstić information content (AvgIpc) is 3.63. The molecule has 2 aliphatic heterocycles. The molecule has 0 aromatic heterocycles. The van der Waals surface area contributed by atoms with Crippen molar-refractivity contribution >= 4 is 29.0 Å². The van der Waals surface area contributed by atoms with Crippen LogP contribution in [0.4, 0.5) is 0 Å². The summed E-state index contributed by atoms with van der Waals surface area (Å²) < 4.78 is 0. The highest BCUT2D eigenvalue weighted by atomic mass is 35.5. The van der Waals surface area contributed by atoms with Crippen LogP contribution in [0, 0.1) is 5.92 Å². The molecule has 8 nitrogen and oxygen atoms in total. The van der Waals surface area contributed by atoms with Gasteiger partial charge in [0, 0.05) is 49.3 Å². The van der Waals surface area contributed by atoms with Gasteiger partial charge in [-0.25, -0.2) is 0 Å². The molecule has 2 amide bonds. The normalized spacial score (nSPS) is 24.6. The predicted octanol–water partition coefficient (Wildman–Crippen LogP) is 1.84. The van der Waals surface area contributed by atoms with Crippen molar-refractivity contribution in [3.8, 4) is 0 Å². The van der Waals surface area contributed by atoms with Gasteiger partial charge in [-0.15, -0.1) is 0 Å². The molecule has 0 bridgehead atoms. The maximum Gasteiger partial charge on any atom is 0.247 e. The number of nitrogens with one attached hydrogen (secondary N) is 4. The Labute approximate surface area is 212 Å². The Morgan fingerprint density at radius 2 is 2.09 bits per heavy atom. The maximum atomic E-state index is 13.1. The minimum Gasteiger partial charge on any atom is -0.394 e. The van der Waals surface area contributed by atoms with Gasteiger partial charge in [0.05, 0.1) is 0 Å². The van der Waals surface area contributed by atoms with Gasteiger partial charge in [-0.3, -0.25) is 9.59 Å². The largest absolute Gasteiger partial charge is 0.394 e. The van der Waals surface area contributed by atoms with E-state index in [1.807, 2.05) is 57.6 Å². The SMILES string of the molecule is CN/C=C(\CNC)c1cc(Cl)cc(CNC(=O)C2C=C(N3CC[C@@](N)(C4CC4)C3=O)C=C(C)N2)c1. The lowest BCUT2D eigenvalue weighted by Crippen LogP contribution is -2.50. The van der Waals surface area contributed by atoms with E-state index in [1.54, 1.807) is 4.90 Å². The lowest BCUT2D eigenvalue weighted by atomic mass is 9.93. The van der Waals surface area contributed by atoms with Crippen molar-refractivity contribution in [1.29, 1.82) is 0 Å². The molecule has 2 heterocycles. The highest BCUT2D eigenvalue weighted by Gasteiger charge is 2.53. The van der Waals surface area contributed by atoms with Gasteiger partial charge in [-0.1, -0.05) is 11.6 Å². The summed E-state index contributed by atoms with van der Waals surface area (Å²) in [4.78, 5) is 27.9. The Morgan fingerprint density at radius 1 is 1.31 bits per heavy atom. The smallest absolute Gasteiger partial charge is 0.247 e. The van der Waals surface area contributed by atoms with Crippen molar-refractivity contribution in [3.63, 3.8) is 0 Å². The Bertz CT molecular complexity index is 1090. The van der Waals surface area contributed by atoms with Gasteiger partial charge in [-0.05, 0) is 86.2 Å². The minimum atomic E-state index is -0.761. The van der Waals surface area contributed by atoms with E-state index in [1.165, 1.54) is 0 Å². The van der Waals surface area contributed by atoms with E-state index in [0.29, 0.717) is 31.1 Å². The van der Waals surface area contributed by atoms with Gasteiger partial charge >= 0.3 is 0 Å². The van der Waals surface area contributed by atoms with E-state index in [-0.39, 0.29) is 17.7 Å². The number of nitrogens with two attached hydrogens (primary N) is 1. The van der Waals surface area contributed by atoms with Gasteiger partial charge in [-0.2, -0.15) is 0 Å². The summed E-state index contributed by atoms with van der Waals surface area (Å²) in [7, 11) is 3.74. The van der Waals surface area contributed by atoms with Gasteiger partial charge < -0.3 is 31.9 Å². The highest BCUT2D eigenvalue weighted by Crippen LogP contribution is 2.44. The zero-order chi connectivity index (χ0) is 25.2. The van der Waals surface area contributed by atoms with Crippen molar-refractivity contribution in [1.82, 2.24) is 26.2 Å². The van der Waals surface area contributed by atoms with Crippen LogP contribution in [0.1, 0.15) is 37.3 Å². The summed E-state index contributed by atoms with van der Waals surface area (Å²) >= 11 is 6.37. The number of carbonyl (C=O) groups excluding carboxylic acids is 2. The van der Waals surface area contributed by atoms with Crippen LogP contribution < -0.4 is 27.0 Å². The van der Waals surface area contributed by atoms with Crippen molar-refractivity contribution in [3.05, 3.63) is 64.1 Å². The Kier molecular flexibility index (Phi) is 7.54. The standard InChI is InChI=1S/C26H35ClN6O2/c1-16-8-22(33-7-6-26(28,25(33)35)20-4-5-20)12-23(32-16)24(34)31-13-17-9-18(11-21(27)10-17)19(14-29-2)15-30-3/h8-12,14,20,23,29-30,32H,4-7,13,15,28H2,1-3H3,(H,31,34)/b19-14+/t23?,26-/m1/s1. The number of amides is 2. The molecule has 6 N–H and O–H groups in total. The number of halogens is 1. The molecule has 1 saturated heterocycles. The maximum absolute atomic E-state index is 13.1. The second-order valence-corrected chi connectivity index (χ2v) is 10.1. The molecule has 4 rings (SSSR count). The first-order valence-electron chi connectivity index (χ1n) is 12.1. The topological polar surface area (TPSA) is 112 Å². The lowest BCUT2D eigenvalue weighted by Gasteiger charge is -2.28. The van der Waals surface area contributed by atoms with E-state index >= 15 is 0 Å². The molecule has 2 fully saturated rings. The molecule has 1 saturated carbocycles. The Morgan fingerprint density at radius 3 is 2.77 bits per heavy atom. The summed E-state index contributed by atoms with van der Waals surface area (Å²) in [5, 5.41) is 13.0. The fourth-order valence-electron chi connectivity index (χ4n) is 4.90. The third-order valence-corrected chi connectivity index (χ3v) is 7.08. The van der Waals surface area contributed by atoms with Crippen molar-refractivity contribution < 1.29 is 9.59 Å². The van der Waals surface area contributed by atoms with E-state index in [4.69, 9.17) is 17.3 Å². The second kappa shape index (κ2) is 10.4. The summed E-state index contributed by atoms with van der Waals surface area (Å²) in [6, 6.07) is 5.20. The van der Waals surface area contributed by atoms with Gasteiger partial charge in [0.15, 0.2) is 0 Å². The van der Waals surface area contributed by atoms with Crippen LogP contribution in [-0.2, 0) is 16.1 Å². The summed E-state index contributed by atoms with van der Waals surface area (Å²) in [6.45, 7) is 3.48. The molecule has 1 aromatic carbocycles. The Hall–Kier alpha value is -2.81. The van der Waals surface area contributed by atoms with E-state index in [9.17, 15) is 9.59 Å². The number of dihydropyridines is 1. The molecule has 1 aromatic rings. The van der Waals surface area contributed by atoms with E-state index < -0.39 is 11.6 Å². The number of rotatable bonds is 9. The van der Waals surface area contributed by atoms with Crippen LogP contribution in [0.25, 0.3) is 5.57 Å². The fourth-order valence-corrected chi connectivity index (χ4v) is 5.15.